The zero-order chi connectivity index (χ0) is 77.3. The molecule has 1 heterocycles. The van der Waals surface area contributed by atoms with Crippen LogP contribution in [0, 0.1) is 0 Å². The quantitative estimate of drug-likeness (QED) is 0.0141. The molecule has 6 atom stereocenters. The van der Waals surface area contributed by atoms with Crippen molar-refractivity contribution in [3.8, 4) is 46.0 Å². The summed E-state index contributed by atoms with van der Waals surface area (Å²) in [7, 11) is 14.8. The normalized spacial score (nSPS) is 12.8. The fourth-order valence-electron chi connectivity index (χ4n) is 11.8. The first-order chi connectivity index (χ1) is 52.1. The number of nitrogens with two attached hydrogens (primary N) is 3. The highest BCUT2D eigenvalue weighted by atomic mass is 16.6. The number of aryl methyl sites for hydroxylation is 6. The molecule has 10 aromatic rings. The molecule has 0 radical (unpaired) electrons. The SMILES string of the molecule is CN(C)C[C@H](COc1ccccc1CCc1ccc(O)cc1)OC(=O)[C@H](N)Cc1ccc(O)cc1.COc1ccc(CCc2ccccc2OCC(CN(C)C)OC(=O)[C@H](N)c2cc3ccccc3[nH]2)cc1.COc1ccc(CCc2ccccc2OC[C@H](CN(C)C)OC(=O)[C@H](N)Cc2ccc(O)cc2)cc1. The van der Waals surface area contributed by atoms with Crippen molar-refractivity contribution in [2.45, 2.75) is 87.8 Å². The predicted octanol–water partition coefficient (Wildman–Crippen LogP) is 11.4. The molecule has 1 unspecified atom stereocenters. The van der Waals surface area contributed by atoms with Crippen molar-refractivity contribution < 1.29 is 67.6 Å². The number of ether oxygens (including phenoxy) is 8. The Balaban J connectivity index is 0.000000204. The Morgan fingerprint density at radius 1 is 0.380 bits per heavy atom. The van der Waals surface area contributed by atoms with E-state index < -0.39 is 54.3 Å². The number of aromatic nitrogens is 1. The van der Waals surface area contributed by atoms with Gasteiger partial charge in [-0.1, -0.05) is 133 Å². The third-order valence-electron chi connectivity index (χ3n) is 17.6. The van der Waals surface area contributed by atoms with Crippen molar-refractivity contribution in [2.75, 3.05) is 96.0 Å². The number of hydrogen-bond acceptors (Lipinski definition) is 20. The van der Waals surface area contributed by atoms with Crippen molar-refractivity contribution in [1.29, 1.82) is 0 Å². The number of phenolic OH excluding ortho intramolecular Hbond substituents is 3. The smallest absolute Gasteiger partial charge is 0.329 e. The molecule has 9 aromatic carbocycles. The van der Waals surface area contributed by atoms with Gasteiger partial charge < -0.3 is 90.1 Å². The lowest BCUT2D eigenvalue weighted by atomic mass is 10.0. The van der Waals surface area contributed by atoms with Crippen LogP contribution >= 0.6 is 0 Å². The molecule has 572 valence electrons. The van der Waals surface area contributed by atoms with Crippen LogP contribution in [0.25, 0.3) is 10.9 Å². The van der Waals surface area contributed by atoms with E-state index in [9.17, 15) is 29.7 Å². The second-order valence-electron chi connectivity index (χ2n) is 27.3. The summed E-state index contributed by atoms with van der Waals surface area (Å²) in [6.45, 7) is 2.16. The number of H-pyrrole nitrogens is 1. The average Bonchev–Trinajstić information content (AvgIpc) is 1.67. The first-order valence-corrected chi connectivity index (χ1v) is 36.2. The van der Waals surface area contributed by atoms with Crippen LogP contribution < -0.4 is 40.9 Å². The standard InChI is InChI=1S/C30H35N3O4.C29H36N2O5.C28H34N2O5/c1-33(2)19-25(37-30(34)29(31)27-18-23-9-4-6-10-26(23)32-27)20-36-28-11-7-5-8-22(28)15-12-21-13-16-24(35-3)17-14-21;1-31(2)19-26(36-29(33)27(30)18-22-9-14-24(32)15-10-22)20-35-28-7-5-4-6-23(28)13-8-21-11-16-25(34-3)17-12-21;1-30(2)18-25(35-28(33)26(29)17-21-10-15-24(32)16-11-21)19-34-27-6-4-3-5-22(27)12-7-20-8-13-23(31)14-9-20/h4-11,13-14,16-18,25,29,32H,12,15,19-20,31H2,1-3H3;4-7,9-12,14-17,26-27,32H,8,13,18-20,30H2,1-3H3;3-6,8-11,13-16,25-26,31-32H,7,12,17-19,29H2,1-2H3/t25?,29-;26-,27+;25-,26-/m101/s1. The summed E-state index contributed by atoms with van der Waals surface area (Å²) in [5.41, 5.74) is 28.5. The van der Waals surface area contributed by atoms with Gasteiger partial charge in [-0.2, -0.15) is 0 Å². The number of phenols is 3. The first kappa shape index (κ1) is 82.7. The van der Waals surface area contributed by atoms with E-state index in [2.05, 4.69) is 41.4 Å². The molecule has 1 aromatic heterocycles. The molecule has 10 N–H and O–H groups in total. The number of methoxy groups -OCH3 is 2. The molecule has 0 spiro atoms. The summed E-state index contributed by atoms with van der Waals surface area (Å²) in [6.07, 6.45) is 4.15. The van der Waals surface area contributed by atoms with E-state index >= 15 is 0 Å². The minimum absolute atomic E-state index is 0.163. The van der Waals surface area contributed by atoms with Gasteiger partial charge in [0.25, 0.3) is 0 Å². The lowest BCUT2D eigenvalue weighted by Crippen LogP contribution is -2.41. The number of para-hydroxylation sites is 4. The fraction of sp³-hybridized carbons (Fsp3) is 0.322. The second-order valence-corrected chi connectivity index (χ2v) is 27.3. The van der Waals surface area contributed by atoms with Gasteiger partial charge in [-0.05, 0) is 235 Å². The van der Waals surface area contributed by atoms with Crippen molar-refractivity contribution in [1.82, 2.24) is 19.7 Å². The third-order valence-corrected chi connectivity index (χ3v) is 17.6. The minimum atomic E-state index is -0.908. The molecule has 0 amide bonds. The summed E-state index contributed by atoms with van der Waals surface area (Å²) in [5.74, 6) is 3.12. The average molecular weight is 1470 g/mol. The Bertz CT molecular complexity index is 4290. The molecule has 21 heteroatoms. The zero-order valence-electron chi connectivity index (χ0n) is 63.1. The van der Waals surface area contributed by atoms with Crippen LogP contribution in [0.2, 0.25) is 0 Å². The Labute approximate surface area is 634 Å². The molecule has 0 bridgehead atoms. The number of nitrogens with zero attached hydrogens (tertiary/aromatic N) is 3. The van der Waals surface area contributed by atoms with Crippen LogP contribution in [0.1, 0.15) is 56.2 Å². The summed E-state index contributed by atoms with van der Waals surface area (Å²) in [4.78, 5) is 47.4. The van der Waals surface area contributed by atoms with Gasteiger partial charge in [0.05, 0.1) is 14.2 Å². The maximum Gasteiger partial charge on any atom is 0.329 e. The second kappa shape index (κ2) is 43.0. The number of aromatic hydroxyl groups is 3. The highest BCUT2D eigenvalue weighted by molar-refractivity contribution is 5.84. The lowest BCUT2D eigenvalue weighted by Gasteiger charge is -2.24. The molecule has 0 aliphatic heterocycles. The van der Waals surface area contributed by atoms with Crippen LogP contribution in [-0.2, 0) is 80.0 Å². The molecule has 21 nitrogen and oxygen atoms in total. The van der Waals surface area contributed by atoms with Crippen molar-refractivity contribution in [3.05, 3.63) is 275 Å². The summed E-state index contributed by atoms with van der Waals surface area (Å²) >= 11 is 0. The number of likely N-dealkylation sites (N-methyl/N-ethyl adjacent to an activating group) is 3. The van der Waals surface area contributed by atoms with Crippen LogP contribution in [0.4, 0.5) is 0 Å². The summed E-state index contributed by atoms with van der Waals surface area (Å²) in [6, 6.07) is 67.4. The first-order valence-electron chi connectivity index (χ1n) is 36.2. The monoisotopic (exact) mass is 1470 g/mol. The predicted molar refractivity (Wildman–Crippen MR) is 422 cm³/mol. The molecule has 0 saturated heterocycles. The number of nitrogens with one attached hydrogen (secondary N) is 1. The highest BCUT2D eigenvalue weighted by Gasteiger charge is 2.27. The van der Waals surface area contributed by atoms with E-state index in [0.29, 0.717) is 38.2 Å². The van der Waals surface area contributed by atoms with Crippen molar-refractivity contribution in [2.24, 2.45) is 17.2 Å². The zero-order valence-corrected chi connectivity index (χ0v) is 63.1. The minimum Gasteiger partial charge on any atom is -0.508 e. The Kier molecular flexibility index (Phi) is 33.0. The maximum absolute atomic E-state index is 12.9. The number of benzene rings is 9. The third kappa shape index (κ3) is 28.1. The highest BCUT2D eigenvalue weighted by Crippen LogP contribution is 2.27. The molecule has 0 aliphatic rings. The van der Waals surface area contributed by atoms with Gasteiger partial charge in [0, 0.05) is 30.8 Å². The van der Waals surface area contributed by atoms with Crippen LogP contribution in [0.15, 0.2) is 224 Å². The van der Waals surface area contributed by atoms with E-state index in [1.807, 2.05) is 184 Å². The summed E-state index contributed by atoms with van der Waals surface area (Å²) in [5, 5.41) is 29.3. The maximum atomic E-state index is 12.9. The number of rotatable bonds is 37. The van der Waals surface area contributed by atoms with Crippen molar-refractivity contribution >= 4 is 28.8 Å². The number of hydrogen-bond donors (Lipinski definition) is 7. The van der Waals surface area contributed by atoms with E-state index in [4.69, 9.17) is 55.1 Å². The van der Waals surface area contributed by atoms with Crippen LogP contribution in [0.3, 0.4) is 0 Å². The van der Waals surface area contributed by atoms with Crippen LogP contribution in [0.5, 0.6) is 46.0 Å². The molecule has 108 heavy (non-hydrogen) atoms. The molecular formula is C87H105N7O14. The number of carbonyl (C=O) groups excluding carboxylic acids is 3. The Morgan fingerprint density at radius 3 is 1.02 bits per heavy atom. The van der Waals surface area contributed by atoms with Gasteiger partial charge in [0.2, 0.25) is 0 Å². The number of carbonyl (C=O) groups is 3. The van der Waals surface area contributed by atoms with Crippen molar-refractivity contribution in [3.63, 3.8) is 0 Å². The number of fused-ring (bicyclic) bond motifs is 1. The molecule has 10 rings (SSSR count). The molecule has 0 aliphatic carbocycles. The van der Waals surface area contributed by atoms with Gasteiger partial charge in [-0.25, -0.2) is 4.79 Å². The number of esters is 3. The van der Waals surface area contributed by atoms with E-state index in [1.165, 1.54) is 11.1 Å². The fourth-order valence-corrected chi connectivity index (χ4v) is 11.8. The Morgan fingerprint density at radius 2 is 0.685 bits per heavy atom. The Hall–Kier alpha value is -10.9. The van der Waals surface area contributed by atoms with Gasteiger partial charge in [0.1, 0.15) is 102 Å². The van der Waals surface area contributed by atoms with Gasteiger partial charge in [-0.3, -0.25) is 9.59 Å². The van der Waals surface area contributed by atoms with Gasteiger partial charge in [0.15, 0.2) is 0 Å². The van der Waals surface area contributed by atoms with Gasteiger partial charge in [-0.15, -0.1) is 0 Å². The van der Waals surface area contributed by atoms with Crippen LogP contribution in [-0.4, -0.2) is 179 Å². The summed E-state index contributed by atoms with van der Waals surface area (Å²) < 4.78 is 46.2. The molecule has 0 fully saturated rings. The van der Waals surface area contributed by atoms with Gasteiger partial charge >= 0.3 is 17.9 Å². The molecule has 0 saturated carbocycles. The molecular weight excluding hydrogens is 1370 g/mol. The van der Waals surface area contributed by atoms with E-state index in [1.54, 1.807) is 74.9 Å². The topological polar surface area (TPSA) is 289 Å². The lowest BCUT2D eigenvalue weighted by molar-refractivity contribution is -0.154. The van der Waals surface area contributed by atoms with E-state index in [-0.39, 0.29) is 37.1 Å². The number of aromatic amines is 1. The van der Waals surface area contributed by atoms with E-state index in [0.717, 1.165) is 112 Å². The largest absolute Gasteiger partial charge is 0.508 e.